The maximum absolute atomic E-state index is 12.9. The molecule has 0 atom stereocenters. The normalized spacial score (nSPS) is 10.2. The Morgan fingerprint density at radius 2 is 1.80 bits per heavy atom. The molecule has 0 amide bonds. The Labute approximate surface area is 148 Å². The number of carbonyl (C=O) groups is 2. The van der Waals surface area contributed by atoms with E-state index in [-0.39, 0.29) is 11.5 Å². The zero-order valence-electron chi connectivity index (χ0n) is 14.6. The highest BCUT2D eigenvalue weighted by atomic mass is 16.6. The minimum atomic E-state index is -0.590. The van der Waals surface area contributed by atoms with Gasteiger partial charge in [0.05, 0.1) is 12.2 Å². The summed E-state index contributed by atoms with van der Waals surface area (Å²) >= 11 is 0. The van der Waals surface area contributed by atoms with Crippen LogP contribution in [0.4, 0.5) is 0 Å². The lowest BCUT2D eigenvalue weighted by atomic mass is 10.00. The van der Waals surface area contributed by atoms with Gasteiger partial charge < -0.3 is 9.47 Å². The molecule has 0 aliphatic heterocycles. The Balaban J connectivity index is 2.50. The average Bonchev–Trinajstić information content (AvgIpc) is 2.64. The first-order valence-corrected chi connectivity index (χ1v) is 8.28. The van der Waals surface area contributed by atoms with Gasteiger partial charge in [0.1, 0.15) is 0 Å². The summed E-state index contributed by atoms with van der Waals surface area (Å²) in [6.45, 7) is 7.70. The van der Waals surface area contributed by atoms with Crippen LogP contribution in [0.25, 0.3) is 0 Å². The molecule has 0 saturated carbocycles. The summed E-state index contributed by atoms with van der Waals surface area (Å²) in [5, 5.41) is 0. The van der Waals surface area contributed by atoms with Crippen molar-refractivity contribution in [1.29, 1.82) is 0 Å². The molecule has 2 rings (SSSR count). The second-order valence-electron chi connectivity index (χ2n) is 5.61. The van der Waals surface area contributed by atoms with E-state index in [0.717, 1.165) is 18.9 Å². The van der Waals surface area contributed by atoms with Crippen LogP contribution in [0.3, 0.4) is 0 Å². The topological polar surface area (TPSA) is 52.6 Å². The van der Waals surface area contributed by atoms with Crippen molar-refractivity contribution in [3.8, 4) is 11.5 Å². The van der Waals surface area contributed by atoms with Gasteiger partial charge in [0.25, 0.3) is 0 Å². The van der Waals surface area contributed by atoms with Crippen molar-refractivity contribution in [3.63, 3.8) is 0 Å². The van der Waals surface area contributed by atoms with Crippen molar-refractivity contribution in [3.05, 3.63) is 71.8 Å². The predicted octanol–water partition coefficient (Wildman–Crippen LogP) is 4.50. The molecular weight excluding hydrogens is 316 g/mol. The fourth-order valence-electron chi connectivity index (χ4n) is 2.32. The summed E-state index contributed by atoms with van der Waals surface area (Å²) in [5.41, 5.74) is 1.64. The summed E-state index contributed by atoms with van der Waals surface area (Å²) in [6.07, 6.45) is 2.87. The smallest absolute Gasteiger partial charge is 0.335 e. The monoisotopic (exact) mass is 338 g/mol. The average molecular weight is 338 g/mol. The molecule has 0 heterocycles. The van der Waals surface area contributed by atoms with E-state index in [1.54, 1.807) is 43.3 Å². The molecule has 2 aromatic rings. The number of esters is 1. The Morgan fingerprint density at radius 1 is 1.08 bits per heavy atom. The molecule has 4 heteroatoms. The van der Waals surface area contributed by atoms with Crippen LogP contribution in [0.15, 0.2) is 55.1 Å². The van der Waals surface area contributed by atoms with Crippen LogP contribution in [-0.2, 0) is 4.79 Å². The first-order valence-electron chi connectivity index (χ1n) is 8.28. The zero-order chi connectivity index (χ0) is 18.2. The van der Waals surface area contributed by atoms with Crippen molar-refractivity contribution in [2.45, 2.75) is 26.7 Å². The molecule has 0 saturated heterocycles. The van der Waals surface area contributed by atoms with Gasteiger partial charge in [-0.25, -0.2) is 4.79 Å². The van der Waals surface area contributed by atoms with Gasteiger partial charge in [0.2, 0.25) is 0 Å². The lowest BCUT2D eigenvalue weighted by molar-refractivity contribution is -0.129. The van der Waals surface area contributed by atoms with E-state index in [9.17, 15) is 9.59 Å². The fourth-order valence-corrected chi connectivity index (χ4v) is 2.32. The third-order valence-electron chi connectivity index (χ3n) is 3.70. The standard InChI is InChI=1S/C21H22O4/c1-4-6-14-24-21-17(19(23)16-10-8-7-9-11-16)13-12-15(3)20(21)25-18(22)5-2/h5,7-13H,2,4,6,14H2,1,3H3. The number of unbranched alkanes of at least 4 members (excludes halogenated alkanes) is 1. The molecule has 0 spiro atoms. The summed E-state index contributed by atoms with van der Waals surface area (Å²) < 4.78 is 11.2. The molecular formula is C21H22O4. The Morgan fingerprint density at radius 3 is 2.44 bits per heavy atom. The lowest BCUT2D eigenvalue weighted by Crippen LogP contribution is -2.12. The fraction of sp³-hybridized carbons (Fsp3) is 0.238. The molecule has 0 unspecified atom stereocenters. The SMILES string of the molecule is C=CC(=O)Oc1c(C)ccc(C(=O)c2ccccc2)c1OCCCC. The molecule has 0 aliphatic carbocycles. The van der Waals surface area contributed by atoms with Crippen LogP contribution in [0.1, 0.15) is 41.3 Å². The number of hydrogen-bond acceptors (Lipinski definition) is 4. The number of rotatable bonds is 8. The minimum Gasteiger partial charge on any atom is -0.489 e. The van der Waals surface area contributed by atoms with Gasteiger partial charge in [-0.15, -0.1) is 0 Å². The Bertz CT molecular complexity index is 763. The van der Waals surface area contributed by atoms with Crippen LogP contribution in [-0.4, -0.2) is 18.4 Å². The number of ether oxygens (including phenoxy) is 2. The van der Waals surface area contributed by atoms with Crippen LogP contribution in [0.5, 0.6) is 11.5 Å². The molecule has 2 aromatic carbocycles. The molecule has 0 N–H and O–H groups in total. The molecule has 0 aliphatic rings. The van der Waals surface area contributed by atoms with Crippen molar-refractivity contribution >= 4 is 11.8 Å². The number of aryl methyl sites for hydroxylation is 1. The zero-order valence-corrected chi connectivity index (χ0v) is 14.6. The Kier molecular flexibility index (Phi) is 6.52. The van der Waals surface area contributed by atoms with Gasteiger partial charge in [-0.2, -0.15) is 0 Å². The molecule has 25 heavy (non-hydrogen) atoms. The van der Waals surface area contributed by atoms with Gasteiger partial charge in [-0.05, 0) is 25.0 Å². The molecule has 0 fully saturated rings. The largest absolute Gasteiger partial charge is 0.489 e. The van der Waals surface area contributed by atoms with E-state index < -0.39 is 5.97 Å². The number of benzene rings is 2. The van der Waals surface area contributed by atoms with Gasteiger partial charge in [0, 0.05) is 11.6 Å². The van der Waals surface area contributed by atoms with Gasteiger partial charge in [-0.3, -0.25) is 4.79 Å². The number of carbonyl (C=O) groups excluding carboxylic acids is 2. The van der Waals surface area contributed by atoms with E-state index in [4.69, 9.17) is 9.47 Å². The number of ketones is 1. The van der Waals surface area contributed by atoms with Crippen molar-refractivity contribution in [1.82, 2.24) is 0 Å². The second kappa shape index (κ2) is 8.83. The summed E-state index contributed by atoms with van der Waals surface area (Å²) in [4.78, 5) is 24.6. The van der Waals surface area contributed by atoms with E-state index in [2.05, 4.69) is 6.58 Å². The summed E-state index contributed by atoms with van der Waals surface area (Å²) in [7, 11) is 0. The van der Waals surface area contributed by atoms with Crippen molar-refractivity contribution in [2.75, 3.05) is 6.61 Å². The van der Waals surface area contributed by atoms with E-state index in [0.29, 0.717) is 29.0 Å². The molecule has 4 nitrogen and oxygen atoms in total. The van der Waals surface area contributed by atoms with Gasteiger partial charge >= 0.3 is 5.97 Å². The third kappa shape index (κ3) is 4.57. The van der Waals surface area contributed by atoms with Crippen molar-refractivity contribution in [2.24, 2.45) is 0 Å². The van der Waals surface area contributed by atoms with E-state index in [1.807, 2.05) is 13.0 Å². The van der Waals surface area contributed by atoms with Crippen molar-refractivity contribution < 1.29 is 19.1 Å². The quantitative estimate of drug-likeness (QED) is 0.234. The molecule has 0 bridgehead atoms. The van der Waals surface area contributed by atoms with Crippen LogP contribution >= 0.6 is 0 Å². The van der Waals surface area contributed by atoms with E-state index in [1.165, 1.54) is 0 Å². The van der Waals surface area contributed by atoms with Gasteiger partial charge in [0.15, 0.2) is 17.3 Å². The third-order valence-corrected chi connectivity index (χ3v) is 3.70. The summed E-state index contributed by atoms with van der Waals surface area (Å²) in [6, 6.07) is 12.4. The summed E-state index contributed by atoms with van der Waals surface area (Å²) in [5.74, 6) is -0.198. The predicted molar refractivity (Wildman–Crippen MR) is 97.3 cm³/mol. The molecule has 0 radical (unpaired) electrons. The highest BCUT2D eigenvalue weighted by Crippen LogP contribution is 2.36. The van der Waals surface area contributed by atoms with E-state index >= 15 is 0 Å². The Hall–Kier alpha value is -2.88. The molecule has 0 aromatic heterocycles. The highest BCUT2D eigenvalue weighted by molar-refractivity contribution is 6.11. The maximum Gasteiger partial charge on any atom is 0.335 e. The van der Waals surface area contributed by atoms with Crippen LogP contribution in [0, 0.1) is 6.92 Å². The first kappa shape index (κ1) is 18.5. The van der Waals surface area contributed by atoms with Gasteiger partial charge in [-0.1, -0.05) is 56.3 Å². The minimum absolute atomic E-state index is 0.178. The first-order chi connectivity index (χ1) is 12.1. The maximum atomic E-state index is 12.9. The van der Waals surface area contributed by atoms with Crippen LogP contribution in [0.2, 0.25) is 0 Å². The lowest BCUT2D eigenvalue weighted by Gasteiger charge is -2.16. The second-order valence-corrected chi connectivity index (χ2v) is 5.61. The molecule has 130 valence electrons. The number of hydrogen-bond donors (Lipinski definition) is 0. The van der Waals surface area contributed by atoms with Crippen LogP contribution < -0.4 is 9.47 Å². The highest BCUT2D eigenvalue weighted by Gasteiger charge is 2.22.